The molecule has 254 valence electrons. The van der Waals surface area contributed by atoms with Gasteiger partial charge in [0.1, 0.15) is 11.2 Å². The van der Waals surface area contributed by atoms with Gasteiger partial charge in [0.05, 0.1) is 38.9 Å². The maximum Gasteiger partial charge on any atom is 0.301 e. The van der Waals surface area contributed by atoms with Gasteiger partial charge in [-0.1, -0.05) is 140 Å². The van der Waals surface area contributed by atoms with Crippen LogP contribution in [0.25, 0.3) is 44.2 Å². The summed E-state index contributed by atoms with van der Waals surface area (Å²) in [7, 11) is -3.72. The standard InChI is InChI=1S/C49H31N2O2P/c52-54(32-16-2-1-3-17-32)50(41-26-11-12-27-42(41)51(54)44-29-15-31-46-48(44)36-21-7-13-30-45(36)53-46)43-28-14-25-40-47(43)35-20-6-10-24-39(35)49(40)37-22-8-4-18-33(37)34-19-5-9-23-38(34)49/h1-31H. The highest BCUT2D eigenvalue weighted by atomic mass is 31.2. The first-order valence-electron chi connectivity index (χ1n) is 18.4. The SMILES string of the molecule is O=P1(c2ccccc2)N(c2cccc3c2-c2ccccc2C32c3ccccc3-c3ccccc32)c2ccccc2N1c1cccc2oc3ccccc3c12. The number of benzene rings is 8. The van der Waals surface area contributed by atoms with E-state index in [1.54, 1.807) is 0 Å². The zero-order valence-electron chi connectivity index (χ0n) is 29.1. The summed E-state index contributed by atoms with van der Waals surface area (Å²) in [6.45, 7) is 0. The van der Waals surface area contributed by atoms with Gasteiger partial charge in [-0.15, -0.1) is 0 Å². The Kier molecular flexibility index (Phi) is 5.94. The van der Waals surface area contributed by atoms with E-state index >= 15 is 4.57 Å². The van der Waals surface area contributed by atoms with Crippen LogP contribution in [0.3, 0.4) is 0 Å². The van der Waals surface area contributed by atoms with Gasteiger partial charge in [-0.2, -0.15) is 0 Å². The summed E-state index contributed by atoms with van der Waals surface area (Å²) in [6, 6.07) is 65.8. The van der Waals surface area contributed by atoms with Crippen LogP contribution in [-0.4, -0.2) is 0 Å². The van der Waals surface area contributed by atoms with Crippen LogP contribution in [0.1, 0.15) is 22.3 Å². The van der Waals surface area contributed by atoms with Gasteiger partial charge in [-0.3, -0.25) is 13.9 Å². The molecule has 2 heterocycles. The molecule has 1 aliphatic heterocycles. The summed E-state index contributed by atoms with van der Waals surface area (Å²) >= 11 is 0. The fourth-order valence-electron chi connectivity index (χ4n) is 9.84. The van der Waals surface area contributed by atoms with Gasteiger partial charge >= 0.3 is 7.44 Å². The molecule has 0 radical (unpaired) electrons. The molecule has 0 amide bonds. The number of para-hydroxylation sites is 3. The van der Waals surface area contributed by atoms with Gasteiger partial charge in [-0.05, 0) is 87.5 Å². The summed E-state index contributed by atoms with van der Waals surface area (Å²) < 4.78 is 27.8. The Morgan fingerprint density at radius 2 is 0.889 bits per heavy atom. The lowest BCUT2D eigenvalue weighted by molar-refractivity contribution is 0.582. The molecule has 0 fully saturated rings. The van der Waals surface area contributed by atoms with Crippen molar-refractivity contribution < 1.29 is 8.98 Å². The van der Waals surface area contributed by atoms with Crippen LogP contribution in [0.5, 0.6) is 0 Å². The largest absolute Gasteiger partial charge is 0.456 e. The van der Waals surface area contributed by atoms with Crippen LogP contribution in [0.2, 0.25) is 0 Å². The van der Waals surface area contributed by atoms with Gasteiger partial charge in [0, 0.05) is 10.9 Å². The van der Waals surface area contributed by atoms with Gasteiger partial charge in [0.2, 0.25) is 0 Å². The second-order valence-electron chi connectivity index (χ2n) is 14.3. The predicted molar refractivity (Wildman–Crippen MR) is 221 cm³/mol. The molecule has 1 atom stereocenters. The van der Waals surface area contributed by atoms with E-state index in [2.05, 4.69) is 131 Å². The summed E-state index contributed by atoms with van der Waals surface area (Å²) in [5, 5.41) is 2.69. The van der Waals surface area contributed by atoms with Crippen molar-refractivity contribution >= 4 is 57.4 Å². The van der Waals surface area contributed by atoms with Crippen LogP contribution in [0.4, 0.5) is 22.7 Å². The Morgan fingerprint density at radius 1 is 0.407 bits per heavy atom. The van der Waals surface area contributed by atoms with Gasteiger partial charge in [0.15, 0.2) is 0 Å². The van der Waals surface area contributed by atoms with E-state index in [0.29, 0.717) is 0 Å². The highest BCUT2D eigenvalue weighted by Crippen LogP contribution is 2.73. The van der Waals surface area contributed by atoms with E-state index in [9.17, 15) is 0 Å². The Labute approximate surface area is 312 Å². The predicted octanol–water partition coefficient (Wildman–Crippen LogP) is 12.7. The lowest BCUT2D eigenvalue weighted by Crippen LogP contribution is -2.27. The molecule has 0 saturated heterocycles. The van der Waals surface area contributed by atoms with E-state index in [1.807, 2.05) is 66.7 Å². The Morgan fingerprint density at radius 3 is 1.61 bits per heavy atom. The molecule has 3 aliphatic rings. The third-order valence-corrected chi connectivity index (χ3v) is 14.7. The van der Waals surface area contributed by atoms with E-state index in [4.69, 9.17) is 4.42 Å². The minimum Gasteiger partial charge on any atom is -0.456 e. The van der Waals surface area contributed by atoms with E-state index in [0.717, 1.165) is 61.1 Å². The Hall–Kier alpha value is -6.61. The van der Waals surface area contributed by atoms with Crippen molar-refractivity contribution in [3.8, 4) is 22.3 Å². The van der Waals surface area contributed by atoms with Crippen molar-refractivity contribution in [3.63, 3.8) is 0 Å². The third-order valence-electron chi connectivity index (χ3n) is 11.8. The highest BCUT2D eigenvalue weighted by molar-refractivity contribution is 7.76. The average molecular weight is 711 g/mol. The van der Waals surface area contributed by atoms with Gasteiger partial charge in [0.25, 0.3) is 0 Å². The van der Waals surface area contributed by atoms with E-state index in [-0.39, 0.29) is 0 Å². The molecule has 2 aliphatic carbocycles. The van der Waals surface area contributed by atoms with Crippen molar-refractivity contribution in [2.45, 2.75) is 5.41 Å². The van der Waals surface area contributed by atoms with Crippen LogP contribution in [0, 0.1) is 0 Å². The highest BCUT2D eigenvalue weighted by Gasteiger charge is 2.55. The molecule has 1 aromatic heterocycles. The van der Waals surface area contributed by atoms with Crippen molar-refractivity contribution in [1.29, 1.82) is 0 Å². The Bertz CT molecular complexity index is 3030. The Balaban J connectivity index is 1.20. The van der Waals surface area contributed by atoms with Crippen LogP contribution >= 0.6 is 7.44 Å². The van der Waals surface area contributed by atoms with Gasteiger partial charge < -0.3 is 4.42 Å². The normalized spacial score (nSPS) is 17.1. The van der Waals surface area contributed by atoms with Crippen molar-refractivity contribution in [2.24, 2.45) is 0 Å². The molecule has 0 N–H and O–H groups in total. The van der Waals surface area contributed by atoms with Crippen LogP contribution < -0.4 is 14.6 Å². The summed E-state index contributed by atoms with van der Waals surface area (Å²) in [5.41, 5.74) is 14.4. The molecule has 1 spiro atoms. The number of furan rings is 1. The number of fused-ring (bicyclic) bond motifs is 14. The third kappa shape index (κ3) is 3.57. The number of hydrogen-bond donors (Lipinski definition) is 0. The summed E-state index contributed by atoms with van der Waals surface area (Å²) in [6.07, 6.45) is 0. The maximum atomic E-state index is 17.1. The van der Waals surface area contributed by atoms with Crippen LogP contribution in [0.15, 0.2) is 192 Å². The van der Waals surface area contributed by atoms with Crippen molar-refractivity contribution in [3.05, 3.63) is 210 Å². The first-order valence-corrected chi connectivity index (χ1v) is 20.0. The first kappa shape index (κ1) is 29.9. The molecule has 9 aromatic rings. The molecule has 0 bridgehead atoms. The molecular formula is C49H31N2O2P. The molecule has 54 heavy (non-hydrogen) atoms. The number of anilines is 4. The van der Waals surface area contributed by atoms with E-state index < -0.39 is 12.9 Å². The zero-order chi connectivity index (χ0) is 35.6. The molecule has 1 unspecified atom stereocenters. The first-order chi connectivity index (χ1) is 26.7. The van der Waals surface area contributed by atoms with Crippen molar-refractivity contribution in [1.82, 2.24) is 0 Å². The van der Waals surface area contributed by atoms with Gasteiger partial charge in [-0.25, -0.2) is 0 Å². The van der Waals surface area contributed by atoms with Crippen molar-refractivity contribution in [2.75, 3.05) is 9.34 Å². The zero-order valence-corrected chi connectivity index (χ0v) is 30.0. The topological polar surface area (TPSA) is 36.7 Å². The second kappa shape index (κ2) is 10.7. The number of hydrogen-bond acceptors (Lipinski definition) is 2. The molecule has 8 aromatic carbocycles. The molecule has 4 nitrogen and oxygen atoms in total. The fourth-order valence-corrected chi connectivity index (χ4v) is 12.9. The molecular weight excluding hydrogens is 680 g/mol. The number of rotatable bonds is 3. The second-order valence-corrected chi connectivity index (χ2v) is 16.7. The minimum atomic E-state index is -3.72. The molecule has 0 saturated carbocycles. The minimum absolute atomic E-state index is 0.522. The average Bonchev–Trinajstić information content (AvgIpc) is 3.93. The fraction of sp³-hybridized carbons (Fsp3) is 0.0204. The monoisotopic (exact) mass is 710 g/mol. The summed E-state index contributed by atoms with van der Waals surface area (Å²) in [4.78, 5) is 0. The van der Waals surface area contributed by atoms with Crippen LogP contribution in [-0.2, 0) is 9.98 Å². The smallest absolute Gasteiger partial charge is 0.301 e. The lowest BCUT2D eigenvalue weighted by Gasteiger charge is -2.35. The van der Waals surface area contributed by atoms with E-state index in [1.165, 1.54) is 33.4 Å². The molecule has 5 heteroatoms. The maximum absolute atomic E-state index is 17.1. The number of nitrogens with zero attached hydrogens (tertiary/aromatic N) is 2. The quantitative estimate of drug-likeness (QED) is 0.171. The lowest BCUT2D eigenvalue weighted by atomic mass is 9.70. The molecule has 12 rings (SSSR count). The summed E-state index contributed by atoms with van der Waals surface area (Å²) in [5.74, 6) is 0.